The van der Waals surface area contributed by atoms with E-state index in [2.05, 4.69) is 5.32 Å². The minimum atomic E-state index is -1.31. The molecule has 1 atom stereocenters. The number of likely N-dealkylation sites (N-methyl/N-ethyl adjacent to an activating group) is 1. The SMILES string of the molecule is CCNC(C)(COc1cc(F)cc(F)c1)C(=O)O. The van der Waals surface area contributed by atoms with Crippen LogP contribution in [0.3, 0.4) is 0 Å². The lowest BCUT2D eigenvalue weighted by atomic mass is 10.0. The van der Waals surface area contributed by atoms with E-state index >= 15 is 0 Å². The summed E-state index contributed by atoms with van der Waals surface area (Å²) in [7, 11) is 0. The summed E-state index contributed by atoms with van der Waals surface area (Å²) in [5.74, 6) is -2.69. The van der Waals surface area contributed by atoms with Gasteiger partial charge < -0.3 is 9.84 Å². The summed E-state index contributed by atoms with van der Waals surface area (Å²) in [6, 6.07) is 2.71. The molecule has 0 aliphatic rings. The largest absolute Gasteiger partial charge is 0.491 e. The molecule has 6 heteroatoms. The molecule has 18 heavy (non-hydrogen) atoms. The highest BCUT2D eigenvalue weighted by Crippen LogP contribution is 2.17. The van der Waals surface area contributed by atoms with Crippen LogP contribution in [-0.4, -0.2) is 29.8 Å². The zero-order valence-corrected chi connectivity index (χ0v) is 10.2. The van der Waals surface area contributed by atoms with Crippen molar-refractivity contribution in [1.29, 1.82) is 0 Å². The van der Waals surface area contributed by atoms with E-state index < -0.39 is 23.1 Å². The van der Waals surface area contributed by atoms with Crippen LogP contribution in [-0.2, 0) is 4.79 Å². The fourth-order valence-corrected chi connectivity index (χ4v) is 1.42. The maximum absolute atomic E-state index is 12.9. The zero-order chi connectivity index (χ0) is 13.8. The molecule has 0 fully saturated rings. The average molecular weight is 259 g/mol. The van der Waals surface area contributed by atoms with Gasteiger partial charge in [-0.15, -0.1) is 0 Å². The Morgan fingerprint density at radius 2 is 1.94 bits per heavy atom. The Morgan fingerprint density at radius 1 is 1.39 bits per heavy atom. The first-order valence-electron chi connectivity index (χ1n) is 5.44. The molecule has 0 aromatic heterocycles. The van der Waals surface area contributed by atoms with Crippen LogP contribution < -0.4 is 10.1 Å². The van der Waals surface area contributed by atoms with E-state index in [4.69, 9.17) is 9.84 Å². The van der Waals surface area contributed by atoms with Crippen molar-refractivity contribution in [3.05, 3.63) is 29.8 Å². The summed E-state index contributed by atoms with van der Waals surface area (Å²) in [6.07, 6.45) is 0. The summed E-state index contributed by atoms with van der Waals surface area (Å²) < 4.78 is 30.9. The molecular formula is C12H15F2NO3. The van der Waals surface area contributed by atoms with Crippen molar-refractivity contribution in [2.24, 2.45) is 0 Å². The van der Waals surface area contributed by atoms with Gasteiger partial charge >= 0.3 is 5.97 Å². The maximum Gasteiger partial charge on any atom is 0.327 e. The number of rotatable bonds is 6. The van der Waals surface area contributed by atoms with E-state index in [1.165, 1.54) is 6.92 Å². The third kappa shape index (κ3) is 3.66. The summed E-state index contributed by atoms with van der Waals surface area (Å²) in [6.45, 7) is 3.39. The molecule has 1 rings (SSSR count). The fraction of sp³-hybridized carbons (Fsp3) is 0.417. The second-order valence-corrected chi connectivity index (χ2v) is 4.06. The molecule has 0 heterocycles. The predicted octanol–water partition coefficient (Wildman–Crippen LogP) is 1.80. The Kier molecular flexibility index (Phi) is 4.61. The number of carboxylic acids is 1. The quantitative estimate of drug-likeness (QED) is 0.817. The van der Waals surface area contributed by atoms with Gasteiger partial charge in [0.15, 0.2) is 0 Å². The molecule has 1 aromatic carbocycles. The number of hydrogen-bond acceptors (Lipinski definition) is 3. The van der Waals surface area contributed by atoms with Crippen LogP contribution in [0.1, 0.15) is 13.8 Å². The molecule has 1 aromatic rings. The normalized spacial score (nSPS) is 14.0. The van der Waals surface area contributed by atoms with Gasteiger partial charge in [0.25, 0.3) is 0 Å². The zero-order valence-electron chi connectivity index (χ0n) is 10.2. The summed E-state index contributed by atoms with van der Waals surface area (Å²) in [4.78, 5) is 11.1. The van der Waals surface area contributed by atoms with Gasteiger partial charge in [0.2, 0.25) is 0 Å². The van der Waals surface area contributed by atoms with E-state index in [0.29, 0.717) is 12.6 Å². The number of nitrogens with one attached hydrogen (secondary N) is 1. The second kappa shape index (κ2) is 5.77. The summed E-state index contributed by atoms with van der Waals surface area (Å²) in [5.41, 5.74) is -1.31. The number of carbonyl (C=O) groups is 1. The summed E-state index contributed by atoms with van der Waals surface area (Å²) in [5, 5.41) is 11.8. The van der Waals surface area contributed by atoms with Crippen LogP contribution in [0.5, 0.6) is 5.75 Å². The van der Waals surface area contributed by atoms with Gasteiger partial charge in [-0.3, -0.25) is 10.1 Å². The molecule has 4 nitrogen and oxygen atoms in total. The van der Waals surface area contributed by atoms with Gasteiger partial charge in [-0.2, -0.15) is 0 Å². The first-order valence-corrected chi connectivity index (χ1v) is 5.44. The van der Waals surface area contributed by atoms with Crippen LogP contribution >= 0.6 is 0 Å². The Hall–Kier alpha value is -1.69. The molecular weight excluding hydrogens is 244 g/mol. The summed E-state index contributed by atoms with van der Waals surface area (Å²) >= 11 is 0. The third-order valence-electron chi connectivity index (χ3n) is 2.40. The van der Waals surface area contributed by atoms with Crippen LogP contribution in [0.2, 0.25) is 0 Å². The minimum absolute atomic E-state index is 0.0436. The second-order valence-electron chi connectivity index (χ2n) is 4.06. The lowest BCUT2D eigenvalue weighted by Crippen LogP contribution is -2.53. The van der Waals surface area contributed by atoms with Crippen molar-refractivity contribution >= 4 is 5.97 Å². The van der Waals surface area contributed by atoms with E-state index in [1.54, 1.807) is 6.92 Å². The highest BCUT2D eigenvalue weighted by atomic mass is 19.1. The predicted molar refractivity (Wildman–Crippen MR) is 61.6 cm³/mol. The monoisotopic (exact) mass is 259 g/mol. The highest BCUT2D eigenvalue weighted by Gasteiger charge is 2.33. The highest BCUT2D eigenvalue weighted by molar-refractivity contribution is 5.78. The number of benzene rings is 1. The lowest BCUT2D eigenvalue weighted by molar-refractivity contribution is -0.145. The van der Waals surface area contributed by atoms with Crippen molar-refractivity contribution in [1.82, 2.24) is 5.32 Å². The number of halogens is 2. The number of hydrogen-bond donors (Lipinski definition) is 2. The fourth-order valence-electron chi connectivity index (χ4n) is 1.42. The van der Waals surface area contributed by atoms with E-state index in [9.17, 15) is 13.6 Å². The maximum atomic E-state index is 12.9. The van der Waals surface area contributed by atoms with Crippen molar-refractivity contribution in [2.75, 3.05) is 13.2 Å². The van der Waals surface area contributed by atoms with Gasteiger partial charge in [0.1, 0.15) is 29.5 Å². The van der Waals surface area contributed by atoms with E-state index in [-0.39, 0.29) is 12.4 Å². The molecule has 0 radical (unpaired) electrons. The van der Waals surface area contributed by atoms with Gasteiger partial charge in [-0.25, -0.2) is 8.78 Å². The first kappa shape index (κ1) is 14.4. The van der Waals surface area contributed by atoms with Crippen molar-refractivity contribution in [3.63, 3.8) is 0 Å². The van der Waals surface area contributed by atoms with Crippen LogP contribution in [0.15, 0.2) is 18.2 Å². The van der Waals surface area contributed by atoms with Gasteiger partial charge in [0.05, 0.1) is 0 Å². The van der Waals surface area contributed by atoms with Gasteiger partial charge in [-0.05, 0) is 13.5 Å². The molecule has 0 spiro atoms. The molecule has 0 amide bonds. The number of aliphatic carboxylic acids is 1. The van der Waals surface area contributed by atoms with Gasteiger partial charge in [0, 0.05) is 18.2 Å². The lowest BCUT2D eigenvalue weighted by Gasteiger charge is -2.25. The van der Waals surface area contributed by atoms with Crippen molar-refractivity contribution < 1.29 is 23.4 Å². The molecule has 0 aliphatic heterocycles. The van der Waals surface area contributed by atoms with E-state index in [1.807, 2.05) is 0 Å². The van der Waals surface area contributed by atoms with E-state index in [0.717, 1.165) is 12.1 Å². The Labute approximate surface area is 104 Å². The topological polar surface area (TPSA) is 58.6 Å². The number of carboxylic acid groups (broad SMARTS) is 1. The van der Waals surface area contributed by atoms with Crippen LogP contribution in [0, 0.1) is 11.6 Å². The molecule has 0 aliphatic carbocycles. The molecule has 0 saturated heterocycles. The van der Waals surface area contributed by atoms with Crippen LogP contribution in [0.25, 0.3) is 0 Å². The molecule has 2 N–H and O–H groups in total. The number of ether oxygens (including phenoxy) is 1. The molecule has 0 saturated carbocycles. The molecule has 100 valence electrons. The first-order chi connectivity index (χ1) is 8.37. The molecule has 1 unspecified atom stereocenters. The Bertz CT molecular complexity index is 419. The van der Waals surface area contributed by atoms with Crippen LogP contribution in [0.4, 0.5) is 8.78 Å². The van der Waals surface area contributed by atoms with Crippen molar-refractivity contribution in [2.45, 2.75) is 19.4 Å². The average Bonchev–Trinajstić information content (AvgIpc) is 2.25. The minimum Gasteiger partial charge on any atom is -0.491 e. The Morgan fingerprint density at radius 3 is 2.39 bits per heavy atom. The standard InChI is InChI=1S/C12H15F2NO3/c1-3-15-12(2,11(16)17)7-18-10-5-8(13)4-9(14)6-10/h4-6,15H,3,7H2,1-2H3,(H,16,17). The smallest absolute Gasteiger partial charge is 0.327 e. The third-order valence-corrected chi connectivity index (χ3v) is 2.40. The van der Waals surface area contributed by atoms with Gasteiger partial charge in [-0.1, -0.05) is 6.92 Å². The Balaban J connectivity index is 2.76. The molecule has 0 bridgehead atoms. The van der Waals surface area contributed by atoms with Crippen molar-refractivity contribution in [3.8, 4) is 5.75 Å².